The van der Waals surface area contributed by atoms with Crippen molar-refractivity contribution in [1.82, 2.24) is 0 Å². The Morgan fingerprint density at radius 3 is 3.06 bits per heavy atom. The molecule has 0 aliphatic carbocycles. The minimum atomic E-state index is -1.20. The molecule has 2 rings (SSSR count). The summed E-state index contributed by atoms with van der Waals surface area (Å²) in [5.74, 6) is 0. The summed E-state index contributed by atoms with van der Waals surface area (Å²) in [5.41, 5.74) is 1.03. The summed E-state index contributed by atoms with van der Waals surface area (Å²) >= 11 is 0. The van der Waals surface area contributed by atoms with Crippen molar-refractivity contribution >= 4 is 17.5 Å². The molecule has 0 saturated carbocycles. The molecule has 0 spiro atoms. The lowest BCUT2D eigenvalue weighted by Gasteiger charge is -2.32. The van der Waals surface area contributed by atoms with E-state index in [0.717, 1.165) is 0 Å². The van der Waals surface area contributed by atoms with Crippen molar-refractivity contribution < 1.29 is 13.9 Å². The molecule has 1 aromatic carbocycles. The standard InChI is InChI=1S/C11H11FN2O2/c12-11-7-16-6-5-14(11)10-4-2-1-3-9(10)13-8-15/h1-4,11H,5-7H2. The van der Waals surface area contributed by atoms with E-state index in [9.17, 15) is 9.18 Å². The van der Waals surface area contributed by atoms with Gasteiger partial charge in [-0.3, -0.25) is 0 Å². The third-order valence-corrected chi connectivity index (χ3v) is 2.43. The minimum absolute atomic E-state index is 0.0408. The van der Waals surface area contributed by atoms with Gasteiger partial charge in [0.2, 0.25) is 6.08 Å². The molecule has 1 aromatic rings. The van der Waals surface area contributed by atoms with E-state index in [2.05, 4.69) is 4.99 Å². The SMILES string of the molecule is O=C=Nc1ccccc1N1CCOCC1F. The van der Waals surface area contributed by atoms with Crippen LogP contribution < -0.4 is 4.90 Å². The van der Waals surface area contributed by atoms with Crippen LogP contribution in [0.1, 0.15) is 0 Å². The highest BCUT2D eigenvalue weighted by Crippen LogP contribution is 2.30. The molecule has 0 aromatic heterocycles. The fourth-order valence-electron chi connectivity index (χ4n) is 1.70. The summed E-state index contributed by atoms with van der Waals surface area (Å²) < 4.78 is 18.6. The average Bonchev–Trinajstić information content (AvgIpc) is 2.31. The second-order valence-electron chi connectivity index (χ2n) is 3.39. The third kappa shape index (κ3) is 2.10. The van der Waals surface area contributed by atoms with Crippen LogP contribution in [0.3, 0.4) is 0 Å². The molecular weight excluding hydrogens is 211 g/mol. The zero-order chi connectivity index (χ0) is 11.4. The van der Waals surface area contributed by atoms with Gasteiger partial charge in [0.1, 0.15) is 0 Å². The Hall–Kier alpha value is -1.71. The summed E-state index contributed by atoms with van der Waals surface area (Å²) in [6.07, 6.45) is 0.275. The Morgan fingerprint density at radius 1 is 1.50 bits per heavy atom. The van der Waals surface area contributed by atoms with Crippen LogP contribution >= 0.6 is 0 Å². The quantitative estimate of drug-likeness (QED) is 0.435. The predicted octanol–water partition coefficient (Wildman–Crippen LogP) is 1.79. The van der Waals surface area contributed by atoms with Crippen LogP contribution in [0.4, 0.5) is 15.8 Å². The Kier molecular flexibility index (Phi) is 3.29. The fourth-order valence-corrected chi connectivity index (χ4v) is 1.70. The molecular formula is C11H11FN2O2. The first-order chi connectivity index (χ1) is 7.83. The highest BCUT2D eigenvalue weighted by atomic mass is 19.1. The number of para-hydroxylation sites is 2. The Labute approximate surface area is 92.3 Å². The first-order valence-corrected chi connectivity index (χ1v) is 4.98. The van der Waals surface area contributed by atoms with Crippen LogP contribution in [0.5, 0.6) is 0 Å². The van der Waals surface area contributed by atoms with Crippen LogP contribution in [0.25, 0.3) is 0 Å². The van der Waals surface area contributed by atoms with Crippen molar-refractivity contribution in [2.45, 2.75) is 6.30 Å². The summed E-state index contributed by atoms with van der Waals surface area (Å²) in [5, 5.41) is 0. The molecule has 1 saturated heterocycles. The smallest absolute Gasteiger partial charge is 0.240 e. The maximum Gasteiger partial charge on any atom is 0.240 e. The number of rotatable bonds is 2. The number of hydrogen-bond acceptors (Lipinski definition) is 4. The summed E-state index contributed by atoms with van der Waals surface area (Å²) in [6.45, 7) is 0.964. The largest absolute Gasteiger partial charge is 0.375 e. The monoisotopic (exact) mass is 222 g/mol. The van der Waals surface area contributed by atoms with E-state index in [1.165, 1.54) is 6.08 Å². The fraction of sp³-hybridized carbons (Fsp3) is 0.364. The van der Waals surface area contributed by atoms with Gasteiger partial charge in [0, 0.05) is 6.54 Å². The van der Waals surface area contributed by atoms with Gasteiger partial charge in [-0.15, -0.1) is 0 Å². The normalized spacial score (nSPS) is 20.3. The van der Waals surface area contributed by atoms with Crippen LogP contribution in [0.2, 0.25) is 0 Å². The zero-order valence-corrected chi connectivity index (χ0v) is 8.60. The van der Waals surface area contributed by atoms with Crippen molar-refractivity contribution in [3.05, 3.63) is 24.3 Å². The number of isocyanates is 1. The molecule has 1 atom stereocenters. The van der Waals surface area contributed by atoms with E-state index in [1.807, 2.05) is 0 Å². The van der Waals surface area contributed by atoms with Crippen LogP contribution in [0.15, 0.2) is 29.3 Å². The molecule has 1 fully saturated rings. The van der Waals surface area contributed by atoms with Crippen molar-refractivity contribution in [2.75, 3.05) is 24.7 Å². The number of morpholine rings is 1. The van der Waals surface area contributed by atoms with E-state index < -0.39 is 6.30 Å². The maximum atomic E-state index is 13.6. The van der Waals surface area contributed by atoms with Gasteiger partial charge in [-0.05, 0) is 12.1 Å². The lowest BCUT2D eigenvalue weighted by Crippen LogP contribution is -2.42. The molecule has 5 heteroatoms. The van der Waals surface area contributed by atoms with Crippen molar-refractivity contribution in [1.29, 1.82) is 0 Å². The first-order valence-electron chi connectivity index (χ1n) is 4.98. The van der Waals surface area contributed by atoms with Crippen molar-refractivity contribution in [2.24, 2.45) is 4.99 Å². The molecule has 1 heterocycles. The Bertz CT molecular complexity index is 418. The summed E-state index contributed by atoms with van der Waals surface area (Å²) in [6, 6.07) is 6.91. The van der Waals surface area contributed by atoms with Gasteiger partial charge >= 0.3 is 0 Å². The van der Waals surface area contributed by atoms with E-state index in [0.29, 0.717) is 24.5 Å². The molecule has 0 bridgehead atoms. The molecule has 0 amide bonds. The van der Waals surface area contributed by atoms with Crippen molar-refractivity contribution in [3.63, 3.8) is 0 Å². The molecule has 84 valence electrons. The zero-order valence-electron chi connectivity index (χ0n) is 8.60. The molecule has 0 radical (unpaired) electrons. The molecule has 0 N–H and O–H groups in total. The van der Waals surface area contributed by atoms with E-state index in [4.69, 9.17) is 4.74 Å². The van der Waals surface area contributed by atoms with E-state index >= 15 is 0 Å². The number of benzene rings is 1. The molecule has 1 aliphatic rings. The number of alkyl halides is 1. The van der Waals surface area contributed by atoms with Gasteiger partial charge in [-0.25, -0.2) is 9.18 Å². The number of halogens is 1. The summed E-state index contributed by atoms with van der Waals surface area (Å²) in [7, 11) is 0. The lowest BCUT2D eigenvalue weighted by molar-refractivity contribution is 0.0497. The number of hydrogen-bond donors (Lipinski definition) is 0. The van der Waals surface area contributed by atoms with Gasteiger partial charge in [-0.2, -0.15) is 4.99 Å². The van der Waals surface area contributed by atoms with Crippen LogP contribution in [-0.4, -0.2) is 32.1 Å². The second-order valence-corrected chi connectivity index (χ2v) is 3.39. The van der Waals surface area contributed by atoms with Crippen LogP contribution in [-0.2, 0) is 9.53 Å². The van der Waals surface area contributed by atoms with E-state index in [1.54, 1.807) is 29.2 Å². The first kappa shape index (κ1) is 10.8. The minimum Gasteiger partial charge on any atom is -0.375 e. The molecule has 1 aliphatic heterocycles. The highest BCUT2D eigenvalue weighted by Gasteiger charge is 2.24. The number of anilines is 1. The maximum absolute atomic E-state index is 13.6. The Balaban J connectivity index is 2.34. The van der Waals surface area contributed by atoms with Gasteiger partial charge in [0.25, 0.3) is 0 Å². The average molecular weight is 222 g/mol. The van der Waals surface area contributed by atoms with Crippen LogP contribution in [0, 0.1) is 0 Å². The van der Waals surface area contributed by atoms with Gasteiger partial charge in [-0.1, -0.05) is 12.1 Å². The molecule has 1 unspecified atom stereocenters. The van der Waals surface area contributed by atoms with Crippen molar-refractivity contribution in [3.8, 4) is 0 Å². The molecule has 4 nitrogen and oxygen atoms in total. The topological polar surface area (TPSA) is 41.9 Å². The predicted molar refractivity (Wildman–Crippen MR) is 57.3 cm³/mol. The number of carbonyl (C=O) groups excluding carboxylic acids is 1. The van der Waals surface area contributed by atoms with Gasteiger partial charge in [0.15, 0.2) is 6.30 Å². The van der Waals surface area contributed by atoms with Gasteiger partial charge < -0.3 is 9.64 Å². The van der Waals surface area contributed by atoms with Gasteiger partial charge in [0.05, 0.1) is 24.6 Å². The number of aliphatic imine (C=N–C) groups is 1. The Morgan fingerprint density at radius 2 is 2.31 bits per heavy atom. The summed E-state index contributed by atoms with van der Waals surface area (Å²) in [4.78, 5) is 15.4. The number of ether oxygens (including phenoxy) is 1. The third-order valence-electron chi connectivity index (χ3n) is 2.43. The second kappa shape index (κ2) is 4.88. The van der Waals surface area contributed by atoms with E-state index in [-0.39, 0.29) is 6.61 Å². The molecule has 16 heavy (non-hydrogen) atoms. The lowest BCUT2D eigenvalue weighted by atomic mass is 10.2. The number of nitrogens with zero attached hydrogens (tertiary/aromatic N) is 2. The highest BCUT2D eigenvalue weighted by molar-refractivity contribution is 5.69.